The minimum absolute atomic E-state index is 0.646. The Balaban J connectivity index is 3.27. The number of hydrogen-bond donors (Lipinski definition) is 2. The summed E-state index contributed by atoms with van der Waals surface area (Å²) in [5.74, 6) is -1.97. The summed E-state index contributed by atoms with van der Waals surface area (Å²) in [5.41, 5.74) is 0.733. The molecule has 1 rings (SSSR count). The van der Waals surface area contributed by atoms with E-state index in [1.54, 1.807) is 0 Å². The fraction of sp³-hybridized carbons (Fsp3) is 0. The Kier molecular flexibility index (Phi) is 5.09. The van der Waals surface area contributed by atoms with Crippen LogP contribution in [0.3, 0.4) is 0 Å². The van der Waals surface area contributed by atoms with Crippen molar-refractivity contribution < 1.29 is 15.0 Å². The van der Waals surface area contributed by atoms with Crippen molar-refractivity contribution in [1.29, 1.82) is 0 Å². The third-order valence-corrected chi connectivity index (χ3v) is 3.95. The number of hydrogen-bond acceptors (Lipinski definition) is 2. The lowest BCUT2D eigenvalue weighted by atomic mass is 10.2. The summed E-state index contributed by atoms with van der Waals surface area (Å²) in [5, 5.41) is 17.7. The van der Waals surface area contributed by atoms with Gasteiger partial charge in [-0.15, -0.1) is 0 Å². The van der Waals surface area contributed by atoms with E-state index in [1.165, 1.54) is 6.08 Å². The van der Waals surface area contributed by atoms with E-state index in [4.69, 9.17) is 10.2 Å². The summed E-state index contributed by atoms with van der Waals surface area (Å²) in [7, 11) is 0. The van der Waals surface area contributed by atoms with E-state index < -0.39 is 11.7 Å². The van der Waals surface area contributed by atoms with Crippen LogP contribution in [-0.4, -0.2) is 16.2 Å². The van der Waals surface area contributed by atoms with Crippen molar-refractivity contribution in [3.05, 3.63) is 34.2 Å². The van der Waals surface area contributed by atoms with E-state index in [0.717, 1.165) is 16.3 Å². The molecule has 0 saturated heterocycles. The van der Waals surface area contributed by atoms with E-state index in [-0.39, 0.29) is 0 Å². The van der Waals surface area contributed by atoms with Crippen molar-refractivity contribution in [3.8, 4) is 0 Å². The van der Waals surface area contributed by atoms with E-state index >= 15 is 0 Å². The van der Waals surface area contributed by atoms with Crippen LogP contribution in [0.4, 0.5) is 0 Å². The predicted molar refractivity (Wildman–Crippen MR) is 82.8 cm³/mol. The van der Waals surface area contributed by atoms with E-state index in [0.29, 0.717) is 0 Å². The van der Waals surface area contributed by atoms with Crippen molar-refractivity contribution >= 4 is 79.8 Å². The molecule has 3 nitrogen and oxygen atoms in total. The second-order valence-electron chi connectivity index (χ2n) is 2.62. The molecule has 15 heavy (non-hydrogen) atoms. The SMILES string of the molecule is O=C(O)C(O)=Cc1c(I)cc(I)cc1I. The molecule has 0 aliphatic carbocycles. The number of aliphatic carboxylic acids is 1. The van der Waals surface area contributed by atoms with Crippen LogP contribution in [0.25, 0.3) is 6.08 Å². The summed E-state index contributed by atoms with van der Waals surface area (Å²) in [6, 6.07) is 3.84. The monoisotopic (exact) mass is 542 g/mol. The number of rotatable bonds is 2. The van der Waals surface area contributed by atoms with Gasteiger partial charge in [-0.2, -0.15) is 0 Å². The molecule has 0 aliphatic rings. The molecular weight excluding hydrogens is 537 g/mol. The van der Waals surface area contributed by atoms with Gasteiger partial charge in [0.25, 0.3) is 0 Å². The highest BCUT2D eigenvalue weighted by molar-refractivity contribution is 14.1. The fourth-order valence-corrected chi connectivity index (χ4v) is 4.78. The molecule has 2 N–H and O–H groups in total. The van der Waals surface area contributed by atoms with E-state index in [1.807, 2.05) is 12.1 Å². The number of carbonyl (C=O) groups is 1. The Morgan fingerprint density at radius 1 is 1.13 bits per heavy atom. The number of carboxylic acid groups (broad SMARTS) is 1. The van der Waals surface area contributed by atoms with Crippen LogP contribution in [0, 0.1) is 10.7 Å². The van der Waals surface area contributed by atoms with Gasteiger partial charge in [-0.3, -0.25) is 0 Å². The number of halogens is 3. The van der Waals surface area contributed by atoms with E-state index in [9.17, 15) is 4.79 Å². The number of carboxylic acids is 1. The largest absolute Gasteiger partial charge is 0.502 e. The molecule has 0 bridgehead atoms. The van der Waals surface area contributed by atoms with Crippen LogP contribution in [-0.2, 0) is 4.79 Å². The maximum absolute atomic E-state index is 10.5. The molecule has 0 atom stereocenters. The quantitative estimate of drug-likeness (QED) is 0.342. The third kappa shape index (κ3) is 3.73. The lowest BCUT2D eigenvalue weighted by Gasteiger charge is -2.04. The van der Waals surface area contributed by atoms with Gasteiger partial charge in [-0.05, 0) is 86.0 Å². The molecule has 1 aromatic carbocycles. The van der Waals surface area contributed by atoms with Crippen LogP contribution in [0.15, 0.2) is 17.9 Å². The molecule has 0 spiro atoms. The van der Waals surface area contributed by atoms with Crippen LogP contribution in [0.5, 0.6) is 0 Å². The highest BCUT2D eigenvalue weighted by Gasteiger charge is 2.09. The molecule has 0 aliphatic heterocycles. The first-order valence-corrected chi connectivity index (χ1v) is 6.94. The zero-order chi connectivity index (χ0) is 11.6. The molecule has 0 fully saturated rings. The summed E-state index contributed by atoms with van der Waals surface area (Å²) in [6.07, 6.45) is 1.27. The zero-order valence-electron chi connectivity index (χ0n) is 7.17. The molecule has 0 heterocycles. The molecule has 0 unspecified atom stereocenters. The standard InChI is InChI=1S/C9H5I3O3/c10-4-1-6(11)5(7(12)2-4)3-8(13)9(14)15/h1-3,13H,(H,14,15). The number of aliphatic hydroxyl groups is 1. The minimum atomic E-state index is -1.32. The smallest absolute Gasteiger partial charge is 0.370 e. The first-order chi connectivity index (χ1) is 6.91. The minimum Gasteiger partial charge on any atom is -0.502 e. The van der Waals surface area contributed by atoms with Gasteiger partial charge >= 0.3 is 5.97 Å². The van der Waals surface area contributed by atoms with Crippen molar-refractivity contribution in [2.24, 2.45) is 0 Å². The van der Waals surface area contributed by atoms with Gasteiger partial charge in [-0.25, -0.2) is 4.79 Å². The van der Waals surface area contributed by atoms with Crippen molar-refractivity contribution in [2.45, 2.75) is 0 Å². The summed E-state index contributed by atoms with van der Waals surface area (Å²) >= 11 is 6.41. The highest BCUT2D eigenvalue weighted by atomic mass is 127. The van der Waals surface area contributed by atoms with Gasteiger partial charge < -0.3 is 10.2 Å². The molecule has 0 saturated carbocycles. The molecule has 0 aromatic heterocycles. The first kappa shape index (κ1) is 13.5. The van der Waals surface area contributed by atoms with Crippen LogP contribution in [0.1, 0.15) is 5.56 Å². The van der Waals surface area contributed by atoms with E-state index in [2.05, 4.69) is 67.8 Å². The topological polar surface area (TPSA) is 57.5 Å². The molecule has 0 amide bonds. The molecule has 80 valence electrons. The lowest BCUT2D eigenvalue weighted by molar-refractivity contribution is -0.135. The predicted octanol–water partition coefficient (Wildman–Crippen LogP) is 3.48. The molecule has 6 heteroatoms. The average molecular weight is 542 g/mol. The second-order valence-corrected chi connectivity index (χ2v) is 6.19. The van der Waals surface area contributed by atoms with Crippen molar-refractivity contribution in [3.63, 3.8) is 0 Å². The Morgan fingerprint density at radius 3 is 2.00 bits per heavy atom. The first-order valence-electron chi connectivity index (χ1n) is 3.70. The normalized spacial score (nSPS) is 11.5. The number of aliphatic hydroxyl groups excluding tert-OH is 1. The Hall–Kier alpha value is 0.420. The summed E-state index contributed by atoms with van der Waals surface area (Å²) in [6.45, 7) is 0. The Labute approximate surface area is 127 Å². The second kappa shape index (κ2) is 5.66. The average Bonchev–Trinajstić information content (AvgIpc) is 2.10. The van der Waals surface area contributed by atoms with Gasteiger partial charge in [0, 0.05) is 16.3 Å². The molecule has 0 radical (unpaired) electrons. The van der Waals surface area contributed by atoms with Gasteiger partial charge in [0.05, 0.1) is 0 Å². The van der Waals surface area contributed by atoms with Gasteiger partial charge in [0.1, 0.15) is 0 Å². The fourth-order valence-electron chi connectivity index (χ4n) is 0.890. The summed E-state index contributed by atoms with van der Waals surface area (Å²) in [4.78, 5) is 10.5. The van der Waals surface area contributed by atoms with Gasteiger partial charge in [0.15, 0.2) is 0 Å². The summed E-state index contributed by atoms with van der Waals surface area (Å²) < 4.78 is 2.90. The lowest BCUT2D eigenvalue weighted by Crippen LogP contribution is -2.00. The van der Waals surface area contributed by atoms with Crippen molar-refractivity contribution in [2.75, 3.05) is 0 Å². The van der Waals surface area contributed by atoms with Gasteiger partial charge in [-0.1, -0.05) is 0 Å². The van der Waals surface area contributed by atoms with Crippen molar-refractivity contribution in [1.82, 2.24) is 0 Å². The molecule has 1 aromatic rings. The van der Waals surface area contributed by atoms with Crippen LogP contribution >= 0.6 is 67.8 Å². The molecular formula is C9H5I3O3. The van der Waals surface area contributed by atoms with Crippen LogP contribution in [0.2, 0.25) is 0 Å². The van der Waals surface area contributed by atoms with Gasteiger partial charge in [0.2, 0.25) is 5.76 Å². The maximum Gasteiger partial charge on any atom is 0.370 e. The Morgan fingerprint density at radius 2 is 1.60 bits per heavy atom. The maximum atomic E-state index is 10.5. The van der Waals surface area contributed by atoms with Crippen LogP contribution < -0.4 is 0 Å². The third-order valence-electron chi connectivity index (χ3n) is 1.54. The zero-order valence-corrected chi connectivity index (χ0v) is 13.6. The Bertz CT molecular complexity index is 417. The number of benzene rings is 1. The highest BCUT2D eigenvalue weighted by Crippen LogP contribution is 2.24.